The first kappa shape index (κ1) is 15.4. The Bertz CT molecular complexity index is 763. The van der Waals surface area contributed by atoms with Crippen molar-refractivity contribution < 1.29 is 13.2 Å². The lowest BCUT2D eigenvalue weighted by molar-refractivity contribution is 0.102. The number of nitrogens with zero attached hydrogens (tertiary/aromatic N) is 2. The fourth-order valence-corrected chi connectivity index (χ4v) is 3.27. The lowest BCUT2D eigenvalue weighted by Crippen LogP contribution is -2.14. The van der Waals surface area contributed by atoms with Gasteiger partial charge < -0.3 is 0 Å². The number of amides is 1. The largest absolute Gasteiger partial charge is 0.296 e. The number of hydrogen-bond acceptors (Lipinski definition) is 6. The number of sulfonamides is 1. The molecule has 9 heteroatoms. The highest BCUT2D eigenvalue weighted by molar-refractivity contribution is 7.92. The van der Waals surface area contributed by atoms with Gasteiger partial charge in [0.15, 0.2) is 0 Å². The quantitative estimate of drug-likeness (QED) is 0.892. The molecule has 0 saturated carbocycles. The van der Waals surface area contributed by atoms with Crippen molar-refractivity contribution in [3.63, 3.8) is 0 Å². The molecule has 0 unspecified atom stereocenters. The molecule has 112 valence electrons. The Kier molecular flexibility index (Phi) is 4.24. The SMILES string of the molecule is Cc1cccc(C)c1C(=O)Nc1nnc(NS(C)(=O)=O)s1. The number of anilines is 2. The molecule has 0 aliphatic carbocycles. The van der Waals surface area contributed by atoms with Crippen LogP contribution in [-0.4, -0.2) is 30.8 Å². The van der Waals surface area contributed by atoms with Gasteiger partial charge in [-0.3, -0.25) is 14.8 Å². The van der Waals surface area contributed by atoms with Gasteiger partial charge in [0.2, 0.25) is 20.3 Å². The Labute approximate surface area is 126 Å². The van der Waals surface area contributed by atoms with Gasteiger partial charge in [0, 0.05) is 5.56 Å². The highest BCUT2D eigenvalue weighted by Gasteiger charge is 2.15. The highest BCUT2D eigenvalue weighted by atomic mass is 32.2. The van der Waals surface area contributed by atoms with Crippen molar-refractivity contribution >= 4 is 37.5 Å². The number of rotatable bonds is 4. The van der Waals surface area contributed by atoms with Crippen molar-refractivity contribution in [3.8, 4) is 0 Å². The summed E-state index contributed by atoms with van der Waals surface area (Å²) in [6, 6.07) is 5.57. The van der Waals surface area contributed by atoms with Gasteiger partial charge in [-0.15, -0.1) is 10.2 Å². The summed E-state index contributed by atoms with van der Waals surface area (Å²) >= 11 is 0.950. The zero-order valence-corrected chi connectivity index (χ0v) is 13.3. The molecule has 0 bridgehead atoms. The van der Waals surface area contributed by atoms with Crippen LogP contribution in [0.4, 0.5) is 10.3 Å². The van der Waals surface area contributed by atoms with Gasteiger partial charge >= 0.3 is 0 Å². The summed E-state index contributed by atoms with van der Waals surface area (Å²) in [6.45, 7) is 3.69. The van der Waals surface area contributed by atoms with Crippen LogP contribution in [0, 0.1) is 13.8 Å². The van der Waals surface area contributed by atoms with Crippen molar-refractivity contribution in [2.75, 3.05) is 16.3 Å². The van der Waals surface area contributed by atoms with Crippen LogP contribution < -0.4 is 10.0 Å². The second-order valence-electron chi connectivity index (χ2n) is 4.51. The normalized spacial score (nSPS) is 11.2. The Hall–Kier alpha value is -2.00. The summed E-state index contributed by atoms with van der Waals surface area (Å²) in [5, 5.41) is 10.3. The van der Waals surface area contributed by atoms with Crippen LogP contribution in [0.15, 0.2) is 18.2 Å². The number of benzene rings is 1. The van der Waals surface area contributed by atoms with E-state index < -0.39 is 10.0 Å². The van der Waals surface area contributed by atoms with Crippen molar-refractivity contribution in [2.45, 2.75) is 13.8 Å². The second-order valence-corrected chi connectivity index (χ2v) is 7.23. The Morgan fingerprint density at radius 3 is 2.29 bits per heavy atom. The average molecular weight is 326 g/mol. The third-order valence-electron chi connectivity index (χ3n) is 2.63. The van der Waals surface area contributed by atoms with Crippen LogP contribution in [0.25, 0.3) is 0 Å². The van der Waals surface area contributed by atoms with Gasteiger partial charge in [0.25, 0.3) is 5.91 Å². The molecule has 2 rings (SSSR count). The number of hydrogen-bond donors (Lipinski definition) is 2. The topological polar surface area (TPSA) is 101 Å². The van der Waals surface area contributed by atoms with E-state index in [1.54, 1.807) is 0 Å². The van der Waals surface area contributed by atoms with Crippen LogP contribution in [0.1, 0.15) is 21.5 Å². The molecule has 1 aromatic carbocycles. The zero-order chi connectivity index (χ0) is 15.6. The van der Waals surface area contributed by atoms with Crippen molar-refractivity contribution in [1.82, 2.24) is 10.2 Å². The van der Waals surface area contributed by atoms with Crippen molar-refractivity contribution in [3.05, 3.63) is 34.9 Å². The summed E-state index contributed by atoms with van der Waals surface area (Å²) in [5.41, 5.74) is 2.28. The van der Waals surface area contributed by atoms with E-state index in [2.05, 4.69) is 20.2 Å². The van der Waals surface area contributed by atoms with Gasteiger partial charge in [-0.2, -0.15) is 0 Å². The fourth-order valence-electron chi connectivity index (χ4n) is 1.81. The second kappa shape index (κ2) is 5.78. The Balaban J connectivity index is 2.17. The molecule has 0 atom stereocenters. The van der Waals surface area contributed by atoms with E-state index in [9.17, 15) is 13.2 Å². The summed E-state index contributed by atoms with van der Waals surface area (Å²) in [5.74, 6) is -0.298. The van der Waals surface area contributed by atoms with Crippen LogP contribution in [0.5, 0.6) is 0 Å². The van der Waals surface area contributed by atoms with E-state index in [4.69, 9.17) is 0 Å². The van der Waals surface area contributed by atoms with E-state index in [-0.39, 0.29) is 16.2 Å². The summed E-state index contributed by atoms with van der Waals surface area (Å²) in [6.07, 6.45) is 1.02. The maximum absolute atomic E-state index is 12.2. The molecular formula is C12H14N4O3S2. The molecule has 7 nitrogen and oxygen atoms in total. The molecule has 1 aromatic heterocycles. The van der Waals surface area contributed by atoms with Crippen LogP contribution in [0.2, 0.25) is 0 Å². The Morgan fingerprint density at radius 2 is 1.71 bits per heavy atom. The minimum absolute atomic E-state index is 0.106. The minimum atomic E-state index is -3.41. The summed E-state index contributed by atoms with van der Waals surface area (Å²) in [7, 11) is -3.41. The third-order valence-corrected chi connectivity index (χ3v) is 4.07. The molecule has 0 spiro atoms. The van der Waals surface area contributed by atoms with Crippen LogP contribution >= 0.6 is 11.3 Å². The number of aryl methyl sites for hydroxylation is 2. The molecule has 2 aromatic rings. The average Bonchev–Trinajstić information content (AvgIpc) is 2.73. The smallest absolute Gasteiger partial charge is 0.258 e. The monoisotopic (exact) mass is 326 g/mol. The van der Waals surface area contributed by atoms with Gasteiger partial charge in [-0.05, 0) is 25.0 Å². The summed E-state index contributed by atoms with van der Waals surface area (Å²) < 4.78 is 24.4. The molecule has 0 aliphatic heterocycles. The highest BCUT2D eigenvalue weighted by Crippen LogP contribution is 2.22. The first-order valence-electron chi connectivity index (χ1n) is 5.95. The molecule has 2 N–H and O–H groups in total. The molecule has 0 fully saturated rings. The van der Waals surface area contributed by atoms with Crippen LogP contribution in [0.3, 0.4) is 0 Å². The Morgan fingerprint density at radius 1 is 1.14 bits per heavy atom. The van der Waals surface area contributed by atoms with Crippen molar-refractivity contribution in [1.29, 1.82) is 0 Å². The molecule has 0 aliphatic rings. The van der Waals surface area contributed by atoms with Gasteiger partial charge in [-0.1, -0.05) is 29.5 Å². The van der Waals surface area contributed by atoms with E-state index in [1.807, 2.05) is 32.0 Å². The fraction of sp³-hybridized carbons (Fsp3) is 0.250. The zero-order valence-electron chi connectivity index (χ0n) is 11.7. The number of carbonyl (C=O) groups is 1. The van der Waals surface area contributed by atoms with E-state index >= 15 is 0 Å². The number of carbonyl (C=O) groups excluding carboxylic acids is 1. The number of nitrogens with one attached hydrogen (secondary N) is 2. The van der Waals surface area contributed by atoms with Gasteiger partial charge in [0.1, 0.15) is 0 Å². The predicted molar refractivity (Wildman–Crippen MR) is 82.2 cm³/mol. The standard InChI is InChI=1S/C12H14N4O3S2/c1-7-5-4-6-8(2)9(7)10(17)13-11-14-15-12(20-11)16-21(3,18)19/h4-6H,1-3H3,(H,15,16)(H,13,14,17). The van der Waals surface area contributed by atoms with E-state index in [0.29, 0.717) is 5.56 Å². The summed E-state index contributed by atoms with van der Waals surface area (Å²) in [4.78, 5) is 12.2. The first-order chi connectivity index (χ1) is 9.76. The molecule has 1 heterocycles. The van der Waals surface area contributed by atoms with Crippen LogP contribution in [-0.2, 0) is 10.0 Å². The molecule has 21 heavy (non-hydrogen) atoms. The van der Waals surface area contributed by atoms with Gasteiger partial charge in [0.05, 0.1) is 6.26 Å². The first-order valence-corrected chi connectivity index (χ1v) is 8.66. The third kappa shape index (κ3) is 3.99. The van der Waals surface area contributed by atoms with E-state index in [0.717, 1.165) is 28.7 Å². The molecule has 1 amide bonds. The lowest BCUT2D eigenvalue weighted by atomic mass is 10.0. The predicted octanol–water partition coefficient (Wildman–Crippen LogP) is 1.78. The molecule has 0 saturated heterocycles. The van der Waals surface area contributed by atoms with Gasteiger partial charge in [-0.25, -0.2) is 8.42 Å². The maximum atomic E-state index is 12.2. The van der Waals surface area contributed by atoms with E-state index in [1.165, 1.54) is 0 Å². The molecular weight excluding hydrogens is 312 g/mol. The lowest BCUT2D eigenvalue weighted by Gasteiger charge is -2.08. The van der Waals surface area contributed by atoms with Crippen molar-refractivity contribution in [2.24, 2.45) is 0 Å². The minimum Gasteiger partial charge on any atom is -0.296 e. The number of aromatic nitrogens is 2. The molecule has 0 radical (unpaired) electrons. The maximum Gasteiger partial charge on any atom is 0.258 e.